The minimum Gasteiger partial charge on any atom is -0.497 e. The molecule has 0 bridgehead atoms. The van der Waals surface area contributed by atoms with Crippen LogP contribution in [0.3, 0.4) is 0 Å². The van der Waals surface area contributed by atoms with Crippen molar-refractivity contribution in [3.05, 3.63) is 58.2 Å². The van der Waals surface area contributed by atoms with E-state index in [-0.39, 0.29) is 27.7 Å². The molecule has 3 rings (SSSR count). The van der Waals surface area contributed by atoms with Crippen molar-refractivity contribution >= 4 is 49.8 Å². The maximum absolute atomic E-state index is 12.7. The number of rotatable bonds is 5. The molecule has 0 spiro atoms. The lowest BCUT2D eigenvalue weighted by Gasteiger charge is -2.14. The first-order valence-electron chi connectivity index (χ1n) is 7.41. The van der Waals surface area contributed by atoms with Crippen molar-refractivity contribution in [2.24, 2.45) is 0 Å². The molecule has 3 aromatic rings. The molecule has 1 aromatic heterocycles. The number of halogens is 2. The van der Waals surface area contributed by atoms with Gasteiger partial charge in [0.25, 0.3) is 10.0 Å². The number of methoxy groups -OCH3 is 1. The zero-order chi connectivity index (χ0) is 18.9. The van der Waals surface area contributed by atoms with E-state index in [1.54, 1.807) is 12.1 Å². The third-order valence-corrected chi connectivity index (χ3v) is 5.68. The number of aromatic nitrogens is 1. The van der Waals surface area contributed by atoms with Crippen molar-refractivity contribution in [3.8, 4) is 5.75 Å². The van der Waals surface area contributed by atoms with Crippen LogP contribution in [-0.4, -0.2) is 25.6 Å². The minimum atomic E-state index is -3.92. The Hall–Kier alpha value is -2.06. The van der Waals surface area contributed by atoms with Crippen LogP contribution in [0.15, 0.2) is 47.4 Å². The standard InChI is InChI=1S/C17H14Cl2N2O4S/c1-25-11-3-5-12(6-4-11)26(23,24)21-17-15(19)8-14(18)13-7-2-10(9-22)20-16(13)17/h2-8,21-22H,9H2,1H3. The highest BCUT2D eigenvalue weighted by Crippen LogP contribution is 2.36. The van der Waals surface area contributed by atoms with E-state index in [9.17, 15) is 13.5 Å². The summed E-state index contributed by atoms with van der Waals surface area (Å²) in [4.78, 5) is 4.29. The van der Waals surface area contributed by atoms with Gasteiger partial charge in [0.15, 0.2) is 0 Å². The summed E-state index contributed by atoms with van der Waals surface area (Å²) in [6, 6.07) is 10.6. The highest BCUT2D eigenvalue weighted by Gasteiger charge is 2.20. The molecule has 0 aliphatic heterocycles. The lowest BCUT2D eigenvalue weighted by Crippen LogP contribution is -2.14. The molecule has 9 heteroatoms. The Morgan fingerprint density at radius 3 is 2.42 bits per heavy atom. The predicted octanol–water partition coefficient (Wildman–Crippen LogP) is 3.84. The number of fused-ring (bicyclic) bond motifs is 1. The van der Waals surface area contributed by atoms with Crippen LogP contribution >= 0.6 is 23.2 Å². The van der Waals surface area contributed by atoms with E-state index in [1.165, 1.54) is 37.4 Å². The molecule has 0 aliphatic rings. The van der Waals surface area contributed by atoms with Crippen LogP contribution in [0.1, 0.15) is 5.69 Å². The summed E-state index contributed by atoms with van der Waals surface area (Å²) in [6.07, 6.45) is 0. The van der Waals surface area contributed by atoms with Crippen LogP contribution < -0.4 is 9.46 Å². The molecule has 0 amide bonds. The Balaban J connectivity index is 2.12. The first kappa shape index (κ1) is 18.7. The third-order valence-electron chi connectivity index (χ3n) is 3.71. The third kappa shape index (κ3) is 3.57. The summed E-state index contributed by atoms with van der Waals surface area (Å²) in [5, 5.41) is 10.2. The number of anilines is 1. The molecule has 0 saturated carbocycles. The van der Waals surface area contributed by atoms with Gasteiger partial charge in [-0.2, -0.15) is 0 Å². The number of nitrogens with zero attached hydrogens (tertiary/aromatic N) is 1. The van der Waals surface area contributed by atoms with Gasteiger partial charge in [-0.3, -0.25) is 4.72 Å². The van der Waals surface area contributed by atoms with Crippen LogP contribution in [0, 0.1) is 0 Å². The number of benzene rings is 2. The molecule has 2 N–H and O–H groups in total. The largest absolute Gasteiger partial charge is 0.497 e. The number of ether oxygens (including phenoxy) is 1. The maximum Gasteiger partial charge on any atom is 0.262 e. The number of pyridine rings is 1. The van der Waals surface area contributed by atoms with Gasteiger partial charge in [-0.25, -0.2) is 13.4 Å². The average molecular weight is 413 g/mol. The smallest absolute Gasteiger partial charge is 0.262 e. The summed E-state index contributed by atoms with van der Waals surface area (Å²) >= 11 is 12.4. The average Bonchev–Trinajstić information content (AvgIpc) is 2.64. The van der Waals surface area contributed by atoms with Crippen molar-refractivity contribution in [2.45, 2.75) is 11.5 Å². The van der Waals surface area contributed by atoms with E-state index >= 15 is 0 Å². The van der Waals surface area contributed by atoms with Crippen LogP contribution in [0.2, 0.25) is 10.0 Å². The second-order valence-electron chi connectivity index (χ2n) is 5.35. The fourth-order valence-electron chi connectivity index (χ4n) is 2.39. The number of aliphatic hydroxyl groups is 1. The second kappa shape index (κ2) is 7.28. The van der Waals surface area contributed by atoms with Gasteiger partial charge in [-0.05, 0) is 42.5 Å². The molecule has 6 nitrogen and oxygen atoms in total. The van der Waals surface area contributed by atoms with Gasteiger partial charge < -0.3 is 9.84 Å². The van der Waals surface area contributed by atoms with Crippen LogP contribution in [0.5, 0.6) is 5.75 Å². The van der Waals surface area contributed by atoms with Gasteiger partial charge in [0.05, 0.1) is 45.6 Å². The Bertz CT molecular complexity index is 1070. The van der Waals surface area contributed by atoms with E-state index in [0.717, 1.165) is 0 Å². The van der Waals surface area contributed by atoms with Crippen LogP contribution in [0.4, 0.5) is 5.69 Å². The normalized spacial score (nSPS) is 11.5. The summed E-state index contributed by atoms with van der Waals surface area (Å²) in [5.74, 6) is 0.535. The van der Waals surface area contributed by atoms with Gasteiger partial charge in [0, 0.05) is 5.39 Å². The van der Waals surface area contributed by atoms with Gasteiger partial charge in [0.2, 0.25) is 0 Å². The zero-order valence-electron chi connectivity index (χ0n) is 13.5. The molecule has 0 unspecified atom stereocenters. The van der Waals surface area contributed by atoms with E-state index in [2.05, 4.69) is 9.71 Å². The first-order valence-corrected chi connectivity index (χ1v) is 9.65. The Morgan fingerprint density at radius 2 is 1.81 bits per heavy atom. The molecule has 0 atom stereocenters. The predicted molar refractivity (Wildman–Crippen MR) is 101 cm³/mol. The first-order chi connectivity index (χ1) is 12.4. The number of hydrogen-bond donors (Lipinski definition) is 2. The quantitative estimate of drug-likeness (QED) is 0.664. The minimum absolute atomic E-state index is 0.0378. The van der Waals surface area contributed by atoms with Gasteiger partial charge in [0.1, 0.15) is 5.75 Å². The number of hydrogen-bond acceptors (Lipinski definition) is 5. The lowest BCUT2D eigenvalue weighted by molar-refractivity contribution is 0.277. The monoisotopic (exact) mass is 412 g/mol. The zero-order valence-corrected chi connectivity index (χ0v) is 15.9. The van der Waals surface area contributed by atoms with Crippen molar-refractivity contribution in [3.63, 3.8) is 0 Å². The van der Waals surface area contributed by atoms with Crippen molar-refractivity contribution in [1.82, 2.24) is 4.98 Å². The summed E-state index contributed by atoms with van der Waals surface area (Å²) < 4.78 is 32.9. The van der Waals surface area contributed by atoms with Crippen LogP contribution in [-0.2, 0) is 16.6 Å². The molecule has 0 saturated heterocycles. The molecule has 2 aromatic carbocycles. The Kier molecular flexibility index (Phi) is 5.24. The maximum atomic E-state index is 12.7. The number of sulfonamides is 1. The van der Waals surface area contributed by atoms with E-state index < -0.39 is 10.0 Å². The highest BCUT2D eigenvalue weighted by molar-refractivity contribution is 7.92. The second-order valence-corrected chi connectivity index (χ2v) is 7.85. The lowest BCUT2D eigenvalue weighted by atomic mass is 10.1. The fourth-order valence-corrected chi connectivity index (χ4v) is 4.10. The van der Waals surface area contributed by atoms with Gasteiger partial charge >= 0.3 is 0 Å². The van der Waals surface area contributed by atoms with E-state index in [1.807, 2.05) is 0 Å². The Labute approximate surface area is 160 Å². The molecule has 0 fully saturated rings. The Morgan fingerprint density at radius 1 is 1.12 bits per heavy atom. The van der Waals surface area contributed by atoms with Crippen molar-refractivity contribution in [2.75, 3.05) is 11.8 Å². The summed E-state index contributed by atoms with van der Waals surface area (Å²) in [6.45, 7) is -0.301. The molecule has 0 radical (unpaired) electrons. The highest BCUT2D eigenvalue weighted by atomic mass is 35.5. The molecule has 0 aliphatic carbocycles. The molecule has 26 heavy (non-hydrogen) atoms. The van der Waals surface area contributed by atoms with Gasteiger partial charge in [-0.1, -0.05) is 23.2 Å². The van der Waals surface area contributed by atoms with Crippen molar-refractivity contribution < 1.29 is 18.3 Å². The number of aliphatic hydroxyl groups excluding tert-OH is 1. The van der Waals surface area contributed by atoms with Crippen LogP contribution in [0.25, 0.3) is 10.9 Å². The van der Waals surface area contributed by atoms with E-state index in [4.69, 9.17) is 27.9 Å². The topological polar surface area (TPSA) is 88.5 Å². The fraction of sp³-hybridized carbons (Fsp3) is 0.118. The van der Waals surface area contributed by atoms with E-state index in [0.29, 0.717) is 21.9 Å². The van der Waals surface area contributed by atoms with Gasteiger partial charge in [-0.15, -0.1) is 0 Å². The summed E-state index contributed by atoms with van der Waals surface area (Å²) in [5.41, 5.74) is 0.712. The van der Waals surface area contributed by atoms with Crippen molar-refractivity contribution in [1.29, 1.82) is 0 Å². The molecule has 1 heterocycles. The molecular weight excluding hydrogens is 399 g/mol. The SMILES string of the molecule is COc1ccc(S(=O)(=O)Nc2c(Cl)cc(Cl)c3ccc(CO)nc23)cc1. The number of nitrogens with one attached hydrogen (secondary N) is 1. The molecular formula is C17H14Cl2N2O4S. The molecule has 136 valence electrons. The summed E-state index contributed by atoms with van der Waals surface area (Å²) in [7, 11) is -2.43.